The van der Waals surface area contributed by atoms with Gasteiger partial charge in [0.15, 0.2) is 0 Å². The van der Waals surface area contributed by atoms with Crippen LogP contribution < -0.4 is 5.32 Å². The highest BCUT2D eigenvalue weighted by molar-refractivity contribution is 5.68. The molecule has 0 aliphatic carbocycles. The van der Waals surface area contributed by atoms with Crippen LogP contribution in [0.1, 0.15) is 43.5 Å². The molecule has 5 heteroatoms. The zero-order chi connectivity index (χ0) is 27.6. The summed E-state index contributed by atoms with van der Waals surface area (Å²) in [5.74, 6) is 1.96. The zero-order valence-corrected chi connectivity index (χ0v) is 23.6. The van der Waals surface area contributed by atoms with Crippen LogP contribution >= 0.6 is 0 Å². The van der Waals surface area contributed by atoms with E-state index in [-0.39, 0.29) is 0 Å². The molecule has 0 aliphatic rings. The van der Waals surface area contributed by atoms with Crippen molar-refractivity contribution >= 4 is 5.82 Å². The van der Waals surface area contributed by atoms with Crippen LogP contribution in [-0.2, 0) is 26.2 Å². The molecule has 5 rings (SSSR count). The van der Waals surface area contributed by atoms with E-state index in [0.29, 0.717) is 0 Å². The lowest BCUT2D eigenvalue weighted by Gasteiger charge is -2.24. The summed E-state index contributed by atoms with van der Waals surface area (Å²) in [6, 6.07) is 36.2. The topological polar surface area (TPSA) is 46.0 Å². The number of nitrogens with one attached hydrogen (secondary N) is 1. The first-order chi connectivity index (χ1) is 19.7. The summed E-state index contributed by atoms with van der Waals surface area (Å²) in [5, 5.41) is 3.30. The van der Waals surface area contributed by atoms with E-state index in [1.807, 2.05) is 6.20 Å². The van der Waals surface area contributed by atoms with Crippen molar-refractivity contribution in [2.45, 2.75) is 52.9 Å². The molecule has 0 unspecified atom stereocenters. The minimum absolute atomic E-state index is 0.775. The Hall–Kier alpha value is -4.22. The number of aromatic nitrogens is 3. The quantitative estimate of drug-likeness (QED) is 0.168. The lowest BCUT2D eigenvalue weighted by Crippen LogP contribution is -2.24. The number of hydrogen-bond donors (Lipinski definition) is 1. The molecule has 204 valence electrons. The second kappa shape index (κ2) is 13.7. The van der Waals surface area contributed by atoms with Gasteiger partial charge < -0.3 is 9.88 Å². The molecule has 0 atom stereocenters. The summed E-state index contributed by atoms with van der Waals surface area (Å²) in [4.78, 5) is 12.5. The third kappa shape index (κ3) is 6.85. The van der Waals surface area contributed by atoms with Gasteiger partial charge in [-0.05, 0) is 30.5 Å². The standard InChI is InChI=1S/C35H39N5/c1-3-5-23-40-32(34(30-17-11-7-12-18-30)38-35(40)31-19-13-8-14-20-31)27-39(25-28-15-9-6-10-16-28)26-29-21-22-33(36-4-2)37-24-29/h6-22,24H,3-5,23,25-27H2,1-2H3,(H,36,37). The molecule has 0 amide bonds. The number of nitrogens with zero attached hydrogens (tertiary/aromatic N) is 4. The van der Waals surface area contributed by atoms with Crippen molar-refractivity contribution in [1.82, 2.24) is 19.4 Å². The highest BCUT2D eigenvalue weighted by atomic mass is 15.2. The third-order valence-electron chi connectivity index (χ3n) is 7.10. The molecular weight excluding hydrogens is 490 g/mol. The van der Waals surface area contributed by atoms with Gasteiger partial charge in [-0.2, -0.15) is 0 Å². The molecule has 0 aliphatic heterocycles. The molecular formula is C35H39N5. The molecule has 0 saturated carbocycles. The molecule has 0 radical (unpaired) electrons. The Morgan fingerprint density at radius 1 is 0.700 bits per heavy atom. The summed E-state index contributed by atoms with van der Waals surface area (Å²) in [6.45, 7) is 8.55. The molecule has 3 aromatic carbocycles. The average Bonchev–Trinajstić information content (AvgIpc) is 3.36. The van der Waals surface area contributed by atoms with Crippen LogP contribution in [0.15, 0.2) is 109 Å². The predicted molar refractivity (Wildman–Crippen MR) is 166 cm³/mol. The SMILES string of the molecule is CCCCn1c(-c2ccccc2)nc(-c2ccccc2)c1CN(Cc1ccccc1)Cc1ccc(NCC)nc1. The summed E-state index contributed by atoms with van der Waals surface area (Å²) in [6.07, 6.45) is 4.23. The van der Waals surface area contributed by atoms with Crippen LogP contribution in [0.3, 0.4) is 0 Å². The molecule has 2 heterocycles. The molecule has 0 fully saturated rings. The van der Waals surface area contributed by atoms with Crippen LogP contribution in [0.2, 0.25) is 0 Å². The second-order valence-electron chi connectivity index (χ2n) is 10.2. The number of hydrogen-bond acceptors (Lipinski definition) is 4. The number of rotatable bonds is 13. The Labute approximate surface area is 238 Å². The minimum atomic E-state index is 0.775. The van der Waals surface area contributed by atoms with E-state index in [2.05, 4.69) is 137 Å². The first-order valence-electron chi connectivity index (χ1n) is 14.4. The van der Waals surface area contributed by atoms with Crippen LogP contribution in [0.25, 0.3) is 22.6 Å². The van der Waals surface area contributed by atoms with Crippen molar-refractivity contribution in [3.8, 4) is 22.6 Å². The van der Waals surface area contributed by atoms with Crippen molar-refractivity contribution in [2.75, 3.05) is 11.9 Å². The maximum atomic E-state index is 5.32. The highest BCUT2D eigenvalue weighted by Gasteiger charge is 2.22. The van der Waals surface area contributed by atoms with Gasteiger partial charge in [-0.1, -0.05) is 110 Å². The van der Waals surface area contributed by atoms with Crippen LogP contribution in [-0.4, -0.2) is 26.0 Å². The van der Waals surface area contributed by atoms with Crippen LogP contribution in [0.4, 0.5) is 5.82 Å². The molecule has 0 bridgehead atoms. The van der Waals surface area contributed by atoms with E-state index in [9.17, 15) is 0 Å². The highest BCUT2D eigenvalue weighted by Crippen LogP contribution is 2.31. The minimum Gasteiger partial charge on any atom is -0.370 e. The molecule has 2 aromatic heterocycles. The van der Waals surface area contributed by atoms with Crippen molar-refractivity contribution < 1.29 is 0 Å². The number of anilines is 1. The first-order valence-corrected chi connectivity index (χ1v) is 14.4. The predicted octanol–water partition coefficient (Wildman–Crippen LogP) is 8.05. The number of benzene rings is 3. The molecule has 0 saturated heterocycles. The summed E-state index contributed by atoms with van der Waals surface area (Å²) in [5.41, 5.74) is 7.12. The van der Waals surface area contributed by atoms with Gasteiger partial charge in [-0.3, -0.25) is 4.90 Å². The first kappa shape index (κ1) is 27.4. The van der Waals surface area contributed by atoms with Gasteiger partial charge in [0.25, 0.3) is 0 Å². The van der Waals surface area contributed by atoms with E-state index >= 15 is 0 Å². The number of unbranched alkanes of at least 4 members (excludes halogenated alkanes) is 1. The smallest absolute Gasteiger partial charge is 0.140 e. The maximum absolute atomic E-state index is 5.32. The number of pyridine rings is 1. The monoisotopic (exact) mass is 529 g/mol. The van der Waals surface area contributed by atoms with Crippen molar-refractivity contribution in [2.24, 2.45) is 0 Å². The Balaban J connectivity index is 1.57. The lowest BCUT2D eigenvalue weighted by molar-refractivity contribution is 0.241. The van der Waals surface area contributed by atoms with Crippen LogP contribution in [0, 0.1) is 0 Å². The fourth-order valence-electron chi connectivity index (χ4n) is 5.12. The van der Waals surface area contributed by atoms with E-state index in [4.69, 9.17) is 4.98 Å². The van der Waals surface area contributed by atoms with Crippen molar-refractivity contribution in [1.29, 1.82) is 0 Å². The third-order valence-corrected chi connectivity index (χ3v) is 7.10. The van der Waals surface area contributed by atoms with Gasteiger partial charge >= 0.3 is 0 Å². The largest absolute Gasteiger partial charge is 0.370 e. The van der Waals surface area contributed by atoms with Gasteiger partial charge in [-0.25, -0.2) is 9.97 Å². The van der Waals surface area contributed by atoms with E-state index in [1.54, 1.807) is 0 Å². The Kier molecular flexibility index (Phi) is 9.38. The number of imidazole rings is 1. The van der Waals surface area contributed by atoms with Gasteiger partial charge in [0.05, 0.1) is 11.4 Å². The molecule has 40 heavy (non-hydrogen) atoms. The normalized spacial score (nSPS) is 11.2. The van der Waals surface area contributed by atoms with Gasteiger partial charge in [0.2, 0.25) is 0 Å². The second-order valence-corrected chi connectivity index (χ2v) is 10.2. The lowest BCUT2D eigenvalue weighted by atomic mass is 10.1. The van der Waals surface area contributed by atoms with Gasteiger partial charge in [-0.15, -0.1) is 0 Å². The van der Waals surface area contributed by atoms with Gasteiger partial charge in [0, 0.05) is 50.0 Å². The van der Waals surface area contributed by atoms with E-state index < -0.39 is 0 Å². The molecule has 5 nitrogen and oxygen atoms in total. The maximum Gasteiger partial charge on any atom is 0.140 e. The molecule has 0 spiro atoms. The van der Waals surface area contributed by atoms with E-state index in [1.165, 1.54) is 16.8 Å². The Morgan fingerprint density at radius 3 is 1.98 bits per heavy atom. The fraction of sp³-hybridized carbons (Fsp3) is 0.257. The van der Waals surface area contributed by atoms with E-state index in [0.717, 1.165) is 74.0 Å². The van der Waals surface area contributed by atoms with Crippen LogP contribution in [0.5, 0.6) is 0 Å². The zero-order valence-electron chi connectivity index (χ0n) is 23.6. The Morgan fingerprint density at radius 2 is 1.35 bits per heavy atom. The summed E-state index contributed by atoms with van der Waals surface area (Å²) in [7, 11) is 0. The average molecular weight is 530 g/mol. The molecule has 5 aromatic rings. The molecule has 1 N–H and O–H groups in total. The Bertz CT molecular complexity index is 1440. The summed E-state index contributed by atoms with van der Waals surface area (Å²) < 4.78 is 2.46. The van der Waals surface area contributed by atoms with Gasteiger partial charge in [0.1, 0.15) is 11.6 Å². The van der Waals surface area contributed by atoms with Crippen molar-refractivity contribution in [3.05, 3.63) is 126 Å². The van der Waals surface area contributed by atoms with Crippen molar-refractivity contribution in [3.63, 3.8) is 0 Å². The summed E-state index contributed by atoms with van der Waals surface area (Å²) >= 11 is 0. The fourth-order valence-corrected chi connectivity index (χ4v) is 5.12.